The van der Waals surface area contributed by atoms with Crippen molar-refractivity contribution in [2.75, 3.05) is 4.72 Å². The molecule has 2 heterocycles. The van der Waals surface area contributed by atoms with E-state index in [9.17, 15) is 22.0 Å². The Bertz CT molecular complexity index is 1780. The first-order valence-electron chi connectivity index (χ1n) is 11.2. The third-order valence-corrected chi connectivity index (χ3v) is 7.02. The standard InChI is InChI=1S/C27H21F2N3O4S/c1-32-15-22(20-11-12-30-27(33)26(20)32)21-14-19(31-37(34,35)16-17-5-3-2-4-6-17)8-10-24(21)36-25-9-7-18(28)13-23(25)29/h2-15,31H,16H2,1H3,(H,30,33). The number of nitrogens with zero attached hydrogens (tertiary/aromatic N) is 1. The lowest BCUT2D eigenvalue weighted by Gasteiger charge is -2.15. The summed E-state index contributed by atoms with van der Waals surface area (Å²) in [6.07, 6.45) is 3.20. The normalized spacial score (nSPS) is 11.5. The van der Waals surface area contributed by atoms with E-state index in [4.69, 9.17) is 4.74 Å². The smallest absolute Gasteiger partial charge is 0.272 e. The van der Waals surface area contributed by atoms with Gasteiger partial charge in [0.2, 0.25) is 10.0 Å². The molecule has 188 valence electrons. The lowest BCUT2D eigenvalue weighted by atomic mass is 10.0. The topological polar surface area (TPSA) is 93.2 Å². The summed E-state index contributed by atoms with van der Waals surface area (Å²) in [4.78, 5) is 15.1. The molecule has 0 atom stereocenters. The van der Waals surface area contributed by atoms with Crippen LogP contribution in [0.2, 0.25) is 0 Å². The second-order valence-electron chi connectivity index (χ2n) is 8.46. The Morgan fingerprint density at radius 1 is 0.946 bits per heavy atom. The zero-order chi connectivity index (χ0) is 26.2. The molecule has 0 aliphatic heterocycles. The maximum atomic E-state index is 14.4. The van der Waals surface area contributed by atoms with Crippen LogP contribution in [0.4, 0.5) is 14.5 Å². The highest BCUT2D eigenvalue weighted by atomic mass is 32.2. The molecular formula is C27H21F2N3O4S. The number of aromatic amines is 1. The fourth-order valence-electron chi connectivity index (χ4n) is 4.16. The van der Waals surface area contributed by atoms with E-state index >= 15 is 0 Å². The van der Waals surface area contributed by atoms with Gasteiger partial charge in [0.15, 0.2) is 11.6 Å². The molecule has 0 saturated carbocycles. The van der Waals surface area contributed by atoms with E-state index < -0.39 is 21.7 Å². The maximum absolute atomic E-state index is 14.4. The average Bonchev–Trinajstić information content (AvgIpc) is 3.19. The second-order valence-corrected chi connectivity index (χ2v) is 10.2. The number of anilines is 1. The van der Waals surface area contributed by atoms with Gasteiger partial charge in [0.1, 0.15) is 17.1 Å². The van der Waals surface area contributed by atoms with Crippen molar-refractivity contribution >= 4 is 26.6 Å². The number of aromatic nitrogens is 2. The minimum absolute atomic E-state index is 0.185. The van der Waals surface area contributed by atoms with Gasteiger partial charge in [0.05, 0.1) is 5.75 Å². The van der Waals surface area contributed by atoms with Gasteiger partial charge in [-0.15, -0.1) is 0 Å². The highest BCUT2D eigenvalue weighted by molar-refractivity contribution is 7.91. The van der Waals surface area contributed by atoms with Crippen LogP contribution >= 0.6 is 0 Å². The van der Waals surface area contributed by atoms with Crippen LogP contribution in [0.5, 0.6) is 11.5 Å². The number of ether oxygens (including phenoxy) is 1. The summed E-state index contributed by atoms with van der Waals surface area (Å²) in [6.45, 7) is 0. The first kappa shape index (κ1) is 24.3. The molecule has 5 aromatic rings. The summed E-state index contributed by atoms with van der Waals surface area (Å²) in [5, 5.41) is 0.583. The molecule has 0 bridgehead atoms. The quantitative estimate of drug-likeness (QED) is 0.294. The average molecular weight is 522 g/mol. The van der Waals surface area contributed by atoms with Gasteiger partial charge in [-0.3, -0.25) is 9.52 Å². The van der Waals surface area contributed by atoms with Crippen LogP contribution < -0.4 is 15.0 Å². The molecule has 3 aromatic carbocycles. The molecule has 7 nitrogen and oxygen atoms in total. The summed E-state index contributed by atoms with van der Waals surface area (Å²) >= 11 is 0. The molecule has 37 heavy (non-hydrogen) atoms. The van der Waals surface area contributed by atoms with E-state index in [-0.39, 0.29) is 28.5 Å². The Morgan fingerprint density at radius 3 is 2.46 bits per heavy atom. The number of pyridine rings is 1. The zero-order valence-electron chi connectivity index (χ0n) is 19.5. The Kier molecular flexibility index (Phi) is 6.26. The van der Waals surface area contributed by atoms with Crippen LogP contribution in [0.1, 0.15) is 5.56 Å². The zero-order valence-corrected chi connectivity index (χ0v) is 20.4. The number of H-pyrrole nitrogens is 1. The number of hydrogen-bond acceptors (Lipinski definition) is 4. The van der Waals surface area contributed by atoms with E-state index in [1.165, 1.54) is 24.4 Å². The molecule has 0 radical (unpaired) electrons. The van der Waals surface area contributed by atoms with Gasteiger partial charge in [-0.1, -0.05) is 30.3 Å². The summed E-state index contributed by atoms with van der Waals surface area (Å²) in [6, 6.07) is 17.9. The molecule has 10 heteroatoms. The molecular weight excluding hydrogens is 500 g/mol. The number of fused-ring (bicyclic) bond motifs is 1. The summed E-state index contributed by atoms with van der Waals surface area (Å²) in [5.74, 6) is -1.90. The SMILES string of the molecule is Cn1cc(-c2cc(NS(=O)(=O)Cc3ccccc3)ccc2Oc2ccc(F)cc2F)c2cc[nH]c(=O)c21. The fourth-order valence-corrected chi connectivity index (χ4v) is 5.35. The second kappa shape index (κ2) is 9.55. The van der Waals surface area contributed by atoms with Crippen LogP contribution in [-0.2, 0) is 22.8 Å². The van der Waals surface area contributed by atoms with Crippen LogP contribution in [0.25, 0.3) is 22.0 Å². The number of aryl methyl sites for hydroxylation is 1. The van der Waals surface area contributed by atoms with Gasteiger partial charge in [-0.25, -0.2) is 17.2 Å². The number of nitrogens with one attached hydrogen (secondary N) is 2. The first-order chi connectivity index (χ1) is 17.7. The van der Waals surface area contributed by atoms with Gasteiger partial charge in [0.25, 0.3) is 5.56 Å². The molecule has 0 spiro atoms. The van der Waals surface area contributed by atoms with Gasteiger partial charge >= 0.3 is 0 Å². The van der Waals surface area contributed by atoms with E-state index in [2.05, 4.69) is 9.71 Å². The fraction of sp³-hybridized carbons (Fsp3) is 0.0741. The van der Waals surface area contributed by atoms with Crippen LogP contribution in [0.15, 0.2) is 90.0 Å². The number of halogens is 2. The van der Waals surface area contributed by atoms with Gasteiger partial charge < -0.3 is 14.3 Å². The summed E-state index contributed by atoms with van der Waals surface area (Å²) in [7, 11) is -2.06. The van der Waals surface area contributed by atoms with Crippen LogP contribution in [-0.4, -0.2) is 18.0 Å². The van der Waals surface area contributed by atoms with Crippen molar-refractivity contribution in [1.82, 2.24) is 9.55 Å². The van der Waals surface area contributed by atoms with Gasteiger partial charge in [0, 0.05) is 47.7 Å². The number of rotatable bonds is 7. The van der Waals surface area contributed by atoms with E-state index in [1.54, 1.807) is 60.3 Å². The molecule has 0 amide bonds. The van der Waals surface area contributed by atoms with Gasteiger partial charge in [-0.2, -0.15) is 0 Å². The number of hydrogen-bond donors (Lipinski definition) is 2. The minimum atomic E-state index is -3.77. The molecule has 0 aliphatic rings. The molecule has 0 aliphatic carbocycles. The van der Waals surface area contributed by atoms with Crippen molar-refractivity contribution in [2.45, 2.75) is 5.75 Å². The Hall–Kier alpha value is -4.44. The third kappa shape index (κ3) is 5.10. The lowest BCUT2D eigenvalue weighted by molar-refractivity contribution is 0.439. The highest BCUT2D eigenvalue weighted by Crippen LogP contribution is 2.40. The monoisotopic (exact) mass is 521 g/mol. The van der Waals surface area contributed by atoms with Crippen LogP contribution in [0, 0.1) is 11.6 Å². The van der Waals surface area contributed by atoms with Crippen molar-refractivity contribution in [3.8, 4) is 22.6 Å². The summed E-state index contributed by atoms with van der Waals surface area (Å²) in [5.41, 5.74) is 1.92. The van der Waals surface area contributed by atoms with Gasteiger partial charge in [-0.05, 0) is 42.0 Å². The number of benzene rings is 3. The minimum Gasteiger partial charge on any atom is -0.454 e. The third-order valence-electron chi connectivity index (χ3n) is 5.76. The van der Waals surface area contributed by atoms with Crippen molar-refractivity contribution in [3.05, 3.63) is 113 Å². The maximum Gasteiger partial charge on any atom is 0.272 e. The van der Waals surface area contributed by atoms with E-state index in [0.717, 1.165) is 6.07 Å². The van der Waals surface area contributed by atoms with Crippen molar-refractivity contribution in [1.29, 1.82) is 0 Å². The molecule has 0 unspecified atom stereocenters. The van der Waals surface area contributed by atoms with Crippen LogP contribution in [0.3, 0.4) is 0 Å². The van der Waals surface area contributed by atoms with Crippen molar-refractivity contribution in [3.63, 3.8) is 0 Å². The molecule has 0 saturated heterocycles. The molecule has 5 rings (SSSR count). The predicted molar refractivity (Wildman–Crippen MR) is 138 cm³/mol. The Morgan fingerprint density at radius 2 is 1.70 bits per heavy atom. The lowest BCUT2D eigenvalue weighted by Crippen LogP contribution is -2.15. The van der Waals surface area contributed by atoms with Crippen molar-refractivity contribution in [2.24, 2.45) is 7.05 Å². The molecule has 2 N–H and O–H groups in total. The van der Waals surface area contributed by atoms with Crippen molar-refractivity contribution < 1.29 is 21.9 Å². The predicted octanol–water partition coefficient (Wildman–Crippen LogP) is 5.55. The first-order valence-corrected chi connectivity index (χ1v) is 12.8. The van der Waals surface area contributed by atoms with E-state index in [1.807, 2.05) is 0 Å². The van der Waals surface area contributed by atoms with E-state index in [0.29, 0.717) is 33.7 Å². The largest absolute Gasteiger partial charge is 0.454 e. The summed E-state index contributed by atoms with van der Waals surface area (Å²) < 4.78 is 63.5. The molecule has 2 aromatic heterocycles. The Labute approximate surface area is 211 Å². The Balaban J connectivity index is 1.60. The number of sulfonamides is 1. The highest BCUT2D eigenvalue weighted by Gasteiger charge is 2.19. The molecule has 0 fully saturated rings.